The van der Waals surface area contributed by atoms with Gasteiger partial charge in [-0.15, -0.1) is 0 Å². The first-order valence-corrected chi connectivity index (χ1v) is 23.8. The first kappa shape index (κ1) is 53.6. The summed E-state index contributed by atoms with van der Waals surface area (Å²) in [4.78, 5) is 25.3. The summed E-state index contributed by atoms with van der Waals surface area (Å²) in [5.74, 6) is -0.429. The highest BCUT2D eigenvalue weighted by Gasteiger charge is 2.17. The van der Waals surface area contributed by atoms with E-state index in [0.29, 0.717) is 19.4 Å². The fraction of sp³-hybridized carbons (Fsp3) is 0.765. The molecule has 0 amide bonds. The van der Waals surface area contributed by atoms with Crippen molar-refractivity contribution in [1.82, 2.24) is 0 Å². The molecular formula is C51H90O5. The third kappa shape index (κ3) is 44.3. The molecule has 0 aliphatic carbocycles. The van der Waals surface area contributed by atoms with Crippen LogP contribution in [0, 0.1) is 0 Å². The second-order valence-electron chi connectivity index (χ2n) is 15.6. The van der Waals surface area contributed by atoms with E-state index >= 15 is 0 Å². The van der Waals surface area contributed by atoms with Gasteiger partial charge in [-0.1, -0.05) is 178 Å². The van der Waals surface area contributed by atoms with Gasteiger partial charge in [0.25, 0.3) is 0 Å². The Morgan fingerprint density at radius 3 is 1.27 bits per heavy atom. The topological polar surface area (TPSA) is 61.8 Å². The van der Waals surface area contributed by atoms with Gasteiger partial charge in [0.2, 0.25) is 0 Å². The number of ether oxygens (including phenoxy) is 3. The van der Waals surface area contributed by atoms with Crippen LogP contribution in [0.25, 0.3) is 0 Å². The van der Waals surface area contributed by atoms with Crippen LogP contribution in [0.5, 0.6) is 0 Å². The molecule has 0 N–H and O–H groups in total. The first-order chi connectivity index (χ1) is 27.6. The molecule has 0 saturated carbocycles. The summed E-state index contributed by atoms with van der Waals surface area (Å²) in [6, 6.07) is 0. The molecule has 0 aromatic heterocycles. The Balaban J connectivity index is 4.31. The summed E-state index contributed by atoms with van der Waals surface area (Å²) in [5, 5.41) is 0. The zero-order valence-corrected chi connectivity index (χ0v) is 37.1. The fourth-order valence-electron chi connectivity index (χ4n) is 6.40. The van der Waals surface area contributed by atoms with Crippen molar-refractivity contribution in [3.63, 3.8) is 0 Å². The molecule has 1 unspecified atom stereocenters. The lowest BCUT2D eigenvalue weighted by Crippen LogP contribution is -2.30. The standard InChI is InChI=1S/C51H90O5/c1-4-7-10-13-16-19-22-25-28-31-34-37-40-43-46-54-47-49(56-51(53)45-42-39-36-33-30-27-24-21-18-15-12-9-6-3)48-55-50(52)44-41-38-35-32-29-26-23-20-17-14-11-8-5-2/h10-11,13-14,19-24,49H,4-9,12,15-18,25-48H2,1-3H3/b13-10-,14-11-,22-19-,23-20-,24-21-. The van der Waals surface area contributed by atoms with Crippen LogP contribution in [-0.2, 0) is 23.8 Å². The van der Waals surface area contributed by atoms with Crippen molar-refractivity contribution < 1.29 is 23.8 Å². The molecule has 5 nitrogen and oxygen atoms in total. The lowest BCUT2D eigenvalue weighted by atomic mass is 10.1. The highest BCUT2D eigenvalue weighted by atomic mass is 16.6. The summed E-state index contributed by atoms with van der Waals surface area (Å²) in [5.41, 5.74) is 0. The highest BCUT2D eigenvalue weighted by Crippen LogP contribution is 2.13. The quantitative estimate of drug-likeness (QED) is 0.0350. The molecule has 0 fully saturated rings. The lowest BCUT2D eigenvalue weighted by Gasteiger charge is -2.18. The molecule has 0 aliphatic rings. The third-order valence-corrected chi connectivity index (χ3v) is 9.96. The van der Waals surface area contributed by atoms with Crippen molar-refractivity contribution >= 4 is 11.9 Å². The molecule has 0 aromatic rings. The zero-order chi connectivity index (χ0) is 40.7. The van der Waals surface area contributed by atoms with Gasteiger partial charge in [0.1, 0.15) is 6.61 Å². The van der Waals surface area contributed by atoms with E-state index in [-0.39, 0.29) is 25.2 Å². The monoisotopic (exact) mass is 783 g/mol. The van der Waals surface area contributed by atoms with Crippen LogP contribution in [0.1, 0.15) is 226 Å². The van der Waals surface area contributed by atoms with Crippen molar-refractivity contribution in [1.29, 1.82) is 0 Å². The van der Waals surface area contributed by atoms with E-state index in [1.165, 1.54) is 116 Å². The molecule has 5 heteroatoms. The minimum absolute atomic E-state index is 0.0696. The Labute approximate surface area is 347 Å². The Bertz CT molecular complexity index is 977. The van der Waals surface area contributed by atoms with Crippen molar-refractivity contribution in [2.24, 2.45) is 0 Å². The Kier molecular flexibility index (Phi) is 45.0. The smallest absolute Gasteiger partial charge is 0.306 e. The van der Waals surface area contributed by atoms with Gasteiger partial charge in [-0.2, -0.15) is 0 Å². The predicted octanol–water partition coefficient (Wildman–Crippen LogP) is 15.8. The summed E-state index contributed by atoms with van der Waals surface area (Å²) in [7, 11) is 0. The van der Waals surface area contributed by atoms with Crippen LogP contribution in [0.4, 0.5) is 0 Å². The minimum atomic E-state index is -0.550. The van der Waals surface area contributed by atoms with E-state index in [9.17, 15) is 9.59 Å². The first-order valence-electron chi connectivity index (χ1n) is 23.8. The van der Waals surface area contributed by atoms with E-state index in [1.54, 1.807) is 0 Å². The number of hydrogen-bond donors (Lipinski definition) is 0. The Morgan fingerprint density at radius 2 is 0.786 bits per heavy atom. The molecule has 0 aromatic carbocycles. The highest BCUT2D eigenvalue weighted by molar-refractivity contribution is 5.70. The Hall–Kier alpha value is -2.40. The van der Waals surface area contributed by atoms with Crippen molar-refractivity contribution in [2.75, 3.05) is 19.8 Å². The molecule has 0 heterocycles. The van der Waals surface area contributed by atoms with E-state index in [4.69, 9.17) is 14.2 Å². The summed E-state index contributed by atoms with van der Waals surface area (Å²) in [6.45, 7) is 7.65. The van der Waals surface area contributed by atoms with Crippen molar-refractivity contribution in [2.45, 2.75) is 232 Å². The van der Waals surface area contributed by atoms with Crippen LogP contribution < -0.4 is 0 Å². The number of allylic oxidation sites excluding steroid dienone is 10. The maximum atomic E-state index is 12.7. The van der Waals surface area contributed by atoms with Gasteiger partial charge in [-0.3, -0.25) is 9.59 Å². The average molecular weight is 783 g/mol. The number of rotatable bonds is 43. The maximum Gasteiger partial charge on any atom is 0.306 e. The maximum absolute atomic E-state index is 12.7. The van der Waals surface area contributed by atoms with Gasteiger partial charge < -0.3 is 14.2 Å². The van der Waals surface area contributed by atoms with Gasteiger partial charge in [-0.05, 0) is 96.3 Å². The fourth-order valence-corrected chi connectivity index (χ4v) is 6.40. The molecule has 1 atom stereocenters. The predicted molar refractivity (Wildman–Crippen MR) is 242 cm³/mol. The van der Waals surface area contributed by atoms with Crippen LogP contribution in [0.2, 0.25) is 0 Å². The largest absolute Gasteiger partial charge is 0.462 e. The van der Waals surface area contributed by atoms with Crippen LogP contribution >= 0.6 is 0 Å². The second-order valence-corrected chi connectivity index (χ2v) is 15.6. The number of carbonyl (C=O) groups is 2. The van der Waals surface area contributed by atoms with Crippen LogP contribution in [0.15, 0.2) is 60.8 Å². The van der Waals surface area contributed by atoms with E-state index < -0.39 is 6.10 Å². The lowest BCUT2D eigenvalue weighted by molar-refractivity contribution is -0.163. The molecule has 324 valence electrons. The number of esters is 2. The van der Waals surface area contributed by atoms with Crippen LogP contribution in [-0.4, -0.2) is 37.9 Å². The molecule has 0 aliphatic heterocycles. The minimum Gasteiger partial charge on any atom is -0.462 e. The molecule has 0 radical (unpaired) electrons. The zero-order valence-electron chi connectivity index (χ0n) is 37.1. The average Bonchev–Trinajstić information content (AvgIpc) is 3.20. The van der Waals surface area contributed by atoms with Gasteiger partial charge in [-0.25, -0.2) is 0 Å². The SMILES string of the molecule is CCC/C=C\C/C=C\CCCCCCCCOCC(COC(=O)CCCCCCC/C=C\C/C=C\CCC)OC(=O)CCCCCCC/C=C\CCCCCC. The molecular weight excluding hydrogens is 693 g/mol. The molecule has 0 bridgehead atoms. The summed E-state index contributed by atoms with van der Waals surface area (Å²) >= 11 is 0. The van der Waals surface area contributed by atoms with Gasteiger partial charge in [0.05, 0.1) is 6.61 Å². The van der Waals surface area contributed by atoms with Gasteiger partial charge in [0, 0.05) is 19.4 Å². The summed E-state index contributed by atoms with van der Waals surface area (Å²) in [6.07, 6.45) is 57.9. The van der Waals surface area contributed by atoms with Crippen molar-refractivity contribution in [3.8, 4) is 0 Å². The van der Waals surface area contributed by atoms with E-state index in [2.05, 4.69) is 81.5 Å². The van der Waals surface area contributed by atoms with Crippen molar-refractivity contribution in [3.05, 3.63) is 60.8 Å². The van der Waals surface area contributed by atoms with E-state index in [1.807, 2.05) is 0 Å². The molecule has 0 rings (SSSR count). The third-order valence-electron chi connectivity index (χ3n) is 9.96. The van der Waals surface area contributed by atoms with E-state index in [0.717, 1.165) is 77.0 Å². The number of hydrogen-bond acceptors (Lipinski definition) is 5. The molecule has 0 spiro atoms. The normalized spacial score (nSPS) is 12.7. The number of unbranched alkanes of at least 4 members (excludes halogenated alkanes) is 22. The van der Waals surface area contributed by atoms with Gasteiger partial charge >= 0.3 is 11.9 Å². The number of carbonyl (C=O) groups excluding carboxylic acids is 2. The van der Waals surface area contributed by atoms with Gasteiger partial charge in [0.15, 0.2) is 6.10 Å². The second kappa shape index (κ2) is 47.0. The molecule has 56 heavy (non-hydrogen) atoms. The molecule has 0 saturated heterocycles. The Morgan fingerprint density at radius 1 is 0.393 bits per heavy atom. The van der Waals surface area contributed by atoms with Crippen LogP contribution in [0.3, 0.4) is 0 Å². The summed E-state index contributed by atoms with van der Waals surface area (Å²) < 4.78 is 17.3.